The highest BCUT2D eigenvalue weighted by molar-refractivity contribution is 8.13. The van der Waals surface area contributed by atoms with Crippen molar-refractivity contribution in [2.24, 2.45) is 17.3 Å². The minimum atomic E-state index is -5.60. The molecule has 12 N–H and O–H groups in total. The third-order valence-corrected chi connectivity index (χ3v) is 15.4. The Bertz CT molecular complexity index is 2490. The minimum absolute atomic E-state index is 0.0136. The number of imidazole rings is 1. The highest BCUT2D eigenvalue weighted by atomic mass is 32.2. The van der Waals surface area contributed by atoms with Crippen molar-refractivity contribution >= 4 is 74.9 Å². The van der Waals surface area contributed by atoms with Crippen LogP contribution >= 0.6 is 35.2 Å². The van der Waals surface area contributed by atoms with Crippen molar-refractivity contribution < 1.29 is 95.5 Å². The van der Waals surface area contributed by atoms with E-state index < -0.39 is 96.8 Å². The summed E-state index contributed by atoms with van der Waals surface area (Å²) in [6, 6.07) is 0. The molecule has 0 radical (unpaired) electrons. The van der Waals surface area contributed by atoms with Crippen LogP contribution in [0.2, 0.25) is 0 Å². The zero-order valence-corrected chi connectivity index (χ0v) is 44.3. The van der Waals surface area contributed by atoms with E-state index in [1.807, 2.05) is 43.4 Å². The number of nitrogens with one attached hydrogen (secondary N) is 2. The number of carbonyl (C=O) groups is 4. The lowest BCUT2D eigenvalue weighted by molar-refractivity contribution is -0.137. The van der Waals surface area contributed by atoms with Gasteiger partial charge in [-0.3, -0.25) is 37.3 Å². The number of aliphatic hydroxyl groups excluding tert-OH is 4. The third-order valence-electron chi connectivity index (χ3n) is 11.3. The number of nitrogens with two attached hydrogens (primary N) is 1. The molecule has 1 aliphatic heterocycles. The molecular formula is C43H66N7O20P3S. The fourth-order valence-electron chi connectivity index (χ4n) is 7.46. The van der Waals surface area contributed by atoms with Gasteiger partial charge in [0.05, 0.1) is 31.7 Å². The molecule has 414 valence electrons. The van der Waals surface area contributed by atoms with E-state index >= 15 is 0 Å². The van der Waals surface area contributed by atoms with Gasteiger partial charge in [-0.1, -0.05) is 81.1 Å². The van der Waals surface area contributed by atoms with Crippen molar-refractivity contribution in [2.75, 3.05) is 37.8 Å². The van der Waals surface area contributed by atoms with Crippen LogP contribution in [-0.4, -0.2) is 151 Å². The van der Waals surface area contributed by atoms with E-state index in [-0.39, 0.29) is 72.1 Å². The fourth-order valence-corrected chi connectivity index (χ4v) is 11.0. The molecule has 2 aromatic heterocycles. The molecule has 4 rings (SSSR count). The van der Waals surface area contributed by atoms with Gasteiger partial charge in [0.2, 0.25) is 11.8 Å². The molecule has 0 spiro atoms. The van der Waals surface area contributed by atoms with E-state index in [0.717, 1.165) is 35.4 Å². The number of carbonyl (C=O) groups excluding carboxylic acids is 4. The van der Waals surface area contributed by atoms with Crippen molar-refractivity contribution in [2.45, 2.75) is 115 Å². The first kappa shape index (κ1) is 62.6. The van der Waals surface area contributed by atoms with Crippen LogP contribution in [0.4, 0.5) is 5.82 Å². The summed E-state index contributed by atoms with van der Waals surface area (Å²) in [5.41, 5.74) is 4.23. The number of anilines is 1. The molecule has 74 heavy (non-hydrogen) atoms. The number of phosphoric acid groups is 3. The number of phosphoric ester groups is 3. The van der Waals surface area contributed by atoms with Crippen molar-refractivity contribution in [1.29, 1.82) is 0 Å². The molecule has 27 nitrogen and oxygen atoms in total. The second-order valence-corrected chi connectivity index (χ2v) is 23.1. The van der Waals surface area contributed by atoms with Gasteiger partial charge >= 0.3 is 23.5 Å². The van der Waals surface area contributed by atoms with Crippen LogP contribution in [0.3, 0.4) is 0 Å². The molecule has 31 heteroatoms. The molecule has 11 unspecified atom stereocenters. The van der Waals surface area contributed by atoms with Gasteiger partial charge in [-0.2, -0.15) is 4.31 Å². The van der Waals surface area contributed by atoms with E-state index in [9.17, 15) is 72.9 Å². The van der Waals surface area contributed by atoms with E-state index in [1.165, 1.54) is 13.8 Å². The first-order chi connectivity index (χ1) is 34.7. The Morgan fingerprint density at radius 1 is 0.973 bits per heavy atom. The van der Waals surface area contributed by atoms with E-state index in [1.54, 1.807) is 12.2 Å². The second kappa shape index (κ2) is 29.0. The Hall–Kier alpha value is -3.89. The third kappa shape index (κ3) is 20.2. The smallest absolute Gasteiger partial charge is 0.392 e. The Morgan fingerprint density at radius 3 is 2.41 bits per heavy atom. The van der Waals surface area contributed by atoms with Crippen LogP contribution in [0, 0.1) is 17.3 Å². The zero-order chi connectivity index (χ0) is 54.9. The molecule has 3 heterocycles. The highest BCUT2D eigenvalue weighted by Crippen LogP contribution is 2.61. The number of ketones is 1. The molecule has 0 aromatic carbocycles. The summed E-state index contributed by atoms with van der Waals surface area (Å²) in [7, 11) is -16.5. The van der Waals surface area contributed by atoms with Crippen LogP contribution < -0.4 is 16.4 Å². The molecule has 2 aromatic rings. The van der Waals surface area contributed by atoms with Gasteiger partial charge in [-0.05, 0) is 32.1 Å². The van der Waals surface area contributed by atoms with Gasteiger partial charge < -0.3 is 61.1 Å². The highest BCUT2D eigenvalue weighted by Gasteiger charge is 2.50. The Labute approximate surface area is 430 Å². The van der Waals surface area contributed by atoms with Crippen LogP contribution in [0.15, 0.2) is 61.3 Å². The molecule has 11 atom stereocenters. The average Bonchev–Trinajstić information content (AvgIpc) is 3.97. The predicted octanol–water partition coefficient (Wildman–Crippen LogP) is 2.18. The number of nitrogen functional groups attached to an aromatic ring is 1. The summed E-state index contributed by atoms with van der Waals surface area (Å²) in [6.45, 7) is 2.35. The first-order valence-electron chi connectivity index (χ1n) is 23.3. The summed E-state index contributed by atoms with van der Waals surface area (Å²) >= 11 is 1.04. The van der Waals surface area contributed by atoms with E-state index in [2.05, 4.69) is 34.4 Å². The summed E-state index contributed by atoms with van der Waals surface area (Å²) in [4.78, 5) is 101. The average molecular weight is 1130 g/mol. The van der Waals surface area contributed by atoms with E-state index in [0.29, 0.717) is 31.4 Å². The first-order valence-corrected chi connectivity index (χ1v) is 28.8. The minimum Gasteiger partial charge on any atom is -0.392 e. The number of hydrogen-bond acceptors (Lipinski definition) is 21. The molecule has 2 aliphatic rings. The SMILES string of the molecule is CC/C=C/CC(O)/C=C/C1C(O)CC(=O)C1C/C=C/C/C=C/CCC(=O)SCCNC(=O)CCNC(=O)C(O)C(C)(C)COP(=O)(O)OP(=O)(O)OCC1OC(n2cnc3c(N)ncnc32)C(O)C1OP(=O)(O)O. The number of fused-ring (bicyclic) bond motifs is 1. The van der Waals surface area contributed by atoms with Gasteiger partial charge in [-0.15, -0.1) is 0 Å². The van der Waals surface area contributed by atoms with Crippen molar-refractivity contribution in [3.8, 4) is 0 Å². The van der Waals surface area contributed by atoms with E-state index in [4.69, 9.17) is 19.5 Å². The van der Waals surface area contributed by atoms with Gasteiger partial charge in [0.1, 0.15) is 42.0 Å². The number of allylic oxidation sites excluding steroid dienone is 5. The van der Waals surface area contributed by atoms with Crippen LogP contribution in [0.1, 0.15) is 78.4 Å². The number of rotatable bonds is 31. The molecular weight excluding hydrogens is 1060 g/mol. The maximum absolute atomic E-state index is 12.8. The standard InChI is InChI=1S/C43H66N7O20P3S/c1-4-5-10-13-27(51)16-17-29-28(30(52)22-31(29)53)14-11-8-6-7-9-12-15-34(55)74-21-20-45-33(54)18-19-46-41(58)38(57)43(2,3)24-67-73(64,65)70-72(62,63)66-23-32-37(69-71(59,60)61)36(56)42(68-32)50-26-49-35-39(44)47-25-48-40(35)50/h5,7-11,16-17,25-29,31-32,36-38,42,51,53,56-57H,4,6,12-15,18-24H2,1-3H3,(H,45,54)(H,46,58)(H,62,63)(H,64,65)(H2,44,47,48)(H2,59,60,61)/b9-7+,10-5+,11-8+,17-16+. The summed E-state index contributed by atoms with van der Waals surface area (Å²) in [5.74, 6) is -1.97. The number of nitrogens with zero attached hydrogens (tertiary/aromatic N) is 4. The van der Waals surface area contributed by atoms with Crippen molar-refractivity contribution in [1.82, 2.24) is 30.2 Å². The summed E-state index contributed by atoms with van der Waals surface area (Å²) in [6.07, 6.45) is 9.51. The fraction of sp³-hybridized carbons (Fsp3) is 0.605. The molecule has 1 saturated carbocycles. The predicted molar refractivity (Wildman–Crippen MR) is 266 cm³/mol. The van der Waals surface area contributed by atoms with Crippen LogP contribution in [0.25, 0.3) is 11.2 Å². The molecule has 2 fully saturated rings. The maximum atomic E-state index is 12.8. The number of Topliss-reactive ketones (excluding diaryl/α,β-unsaturated/α-hetero) is 1. The van der Waals surface area contributed by atoms with Gasteiger partial charge in [0.15, 0.2) is 22.8 Å². The number of thioether (sulfide) groups is 1. The van der Waals surface area contributed by atoms with Gasteiger partial charge in [0.25, 0.3) is 0 Å². The normalized spacial score (nSPS) is 24.3. The lowest BCUT2D eigenvalue weighted by Gasteiger charge is -2.30. The molecule has 2 amide bonds. The molecule has 1 aliphatic carbocycles. The van der Waals surface area contributed by atoms with Crippen molar-refractivity contribution in [3.05, 3.63) is 61.3 Å². The van der Waals surface area contributed by atoms with Gasteiger partial charge in [0, 0.05) is 55.4 Å². The topological polar surface area (TPSA) is 421 Å². The van der Waals surface area contributed by atoms with Crippen molar-refractivity contribution in [3.63, 3.8) is 0 Å². The lowest BCUT2D eigenvalue weighted by atomic mass is 9.87. The Morgan fingerprint density at radius 2 is 1.69 bits per heavy atom. The maximum Gasteiger partial charge on any atom is 0.481 e. The van der Waals surface area contributed by atoms with Crippen LogP contribution in [0.5, 0.6) is 0 Å². The van der Waals surface area contributed by atoms with Crippen LogP contribution in [-0.2, 0) is 55.5 Å². The monoisotopic (exact) mass is 1130 g/mol. The largest absolute Gasteiger partial charge is 0.481 e. The quantitative estimate of drug-likeness (QED) is 0.0293. The lowest BCUT2D eigenvalue weighted by Crippen LogP contribution is -2.46. The summed E-state index contributed by atoms with van der Waals surface area (Å²) < 4.78 is 62.5. The molecule has 0 bridgehead atoms. The zero-order valence-electron chi connectivity index (χ0n) is 40.8. The number of aliphatic hydroxyl groups is 4. The second-order valence-electron chi connectivity index (χ2n) is 17.7. The number of ether oxygens (including phenoxy) is 1. The Balaban J connectivity index is 1.09. The molecule has 1 saturated heterocycles. The summed E-state index contributed by atoms with van der Waals surface area (Å²) in [5, 5.41) is 47.0. The number of hydrogen-bond donors (Lipinski definition) is 11. The Kier molecular flexibility index (Phi) is 24.6. The van der Waals surface area contributed by atoms with Gasteiger partial charge in [-0.25, -0.2) is 28.6 Å². The number of amides is 2. The number of aromatic nitrogens is 4.